The number of hydrogen-bond acceptors (Lipinski definition) is 3. The van der Waals surface area contributed by atoms with E-state index in [-0.39, 0.29) is 23.7 Å². The number of fused-ring (bicyclic) bond motifs is 1. The largest absolute Gasteiger partial charge is 0.274 e. The smallest absolute Gasteiger partial charge is 0.238 e. The Hall–Kier alpha value is -2.41. The van der Waals surface area contributed by atoms with E-state index >= 15 is 0 Å². The Morgan fingerprint density at radius 1 is 1.11 bits per heavy atom. The highest BCUT2D eigenvalue weighted by Gasteiger charge is 2.47. The first kappa shape index (κ1) is 11.7. The van der Waals surface area contributed by atoms with Crippen LogP contribution in [0.5, 0.6) is 0 Å². The summed E-state index contributed by atoms with van der Waals surface area (Å²) in [5, 5.41) is 8.89. The second kappa shape index (κ2) is 4.36. The zero-order chi connectivity index (χ0) is 13.4. The Labute approximate surface area is 110 Å². The summed E-state index contributed by atoms with van der Waals surface area (Å²) >= 11 is 0. The molecular weight excluding hydrogens is 240 g/mol. The van der Waals surface area contributed by atoms with E-state index in [4.69, 9.17) is 5.26 Å². The highest BCUT2D eigenvalue weighted by molar-refractivity contribution is 6.22. The van der Waals surface area contributed by atoms with Crippen molar-refractivity contribution in [3.63, 3.8) is 0 Å². The van der Waals surface area contributed by atoms with E-state index in [2.05, 4.69) is 0 Å². The van der Waals surface area contributed by atoms with Gasteiger partial charge in [-0.15, -0.1) is 0 Å². The maximum Gasteiger partial charge on any atom is 0.238 e. The molecule has 2 atom stereocenters. The quantitative estimate of drug-likeness (QED) is 0.567. The van der Waals surface area contributed by atoms with E-state index in [1.807, 2.05) is 18.2 Å². The first-order valence-electron chi connectivity index (χ1n) is 6.25. The molecule has 0 saturated carbocycles. The van der Waals surface area contributed by atoms with Gasteiger partial charge in [-0.1, -0.05) is 18.2 Å². The fourth-order valence-electron chi connectivity index (χ4n) is 2.77. The Morgan fingerprint density at radius 3 is 2.32 bits per heavy atom. The third-order valence-corrected chi connectivity index (χ3v) is 3.74. The van der Waals surface area contributed by atoms with Crippen molar-refractivity contribution >= 4 is 17.5 Å². The number of imide groups is 1. The van der Waals surface area contributed by atoms with Gasteiger partial charge in [0.2, 0.25) is 11.8 Å². The van der Waals surface area contributed by atoms with Crippen LogP contribution < -0.4 is 4.90 Å². The van der Waals surface area contributed by atoms with Crippen LogP contribution in [-0.4, -0.2) is 11.8 Å². The summed E-state index contributed by atoms with van der Waals surface area (Å²) in [6, 6.07) is 8.65. The van der Waals surface area contributed by atoms with Crippen LogP contribution in [0.1, 0.15) is 18.4 Å². The van der Waals surface area contributed by atoms with Crippen LogP contribution in [0, 0.1) is 23.2 Å². The van der Waals surface area contributed by atoms with E-state index in [1.54, 1.807) is 24.3 Å². The molecule has 1 saturated heterocycles. The summed E-state index contributed by atoms with van der Waals surface area (Å²) in [4.78, 5) is 25.9. The van der Waals surface area contributed by atoms with Gasteiger partial charge in [0.15, 0.2) is 0 Å². The number of anilines is 1. The molecule has 94 valence electrons. The summed E-state index contributed by atoms with van der Waals surface area (Å²) in [5.74, 6) is -0.754. The Kier molecular flexibility index (Phi) is 2.68. The summed E-state index contributed by atoms with van der Waals surface area (Å²) < 4.78 is 0. The molecule has 0 bridgehead atoms. The highest BCUT2D eigenvalue weighted by Crippen LogP contribution is 2.37. The van der Waals surface area contributed by atoms with E-state index < -0.39 is 0 Å². The van der Waals surface area contributed by atoms with Crippen LogP contribution in [0.3, 0.4) is 0 Å². The maximum atomic E-state index is 12.3. The molecule has 1 aliphatic heterocycles. The Balaban J connectivity index is 2.00. The van der Waals surface area contributed by atoms with Crippen LogP contribution >= 0.6 is 0 Å². The van der Waals surface area contributed by atoms with E-state index in [1.165, 1.54) is 4.90 Å². The standard InChI is InChI=1S/C15H12N2O2/c16-9-10-4-3-5-11(8-10)17-14(18)12-6-1-2-7-13(12)15(17)19/h1-5,8,12-13H,6-7H2/t12-,13+. The maximum absolute atomic E-state index is 12.3. The lowest BCUT2D eigenvalue weighted by molar-refractivity contribution is -0.122. The number of carbonyl (C=O) groups is 2. The molecular formula is C15H12N2O2. The molecule has 4 nitrogen and oxygen atoms in total. The van der Waals surface area contributed by atoms with Crippen LogP contribution in [-0.2, 0) is 9.59 Å². The molecule has 19 heavy (non-hydrogen) atoms. The van der Waals surface area contributed by atoms with Gasteiger partial charge in [-0.3, -0.25) is 9.59 Å². The van der Waals surface area contributed by atoms with Gasteiger partial charge < -0.3 is 0 Å². The van der Waals surface area contributed by atoms with Crippen molar-refractivity contribution in [2.75, 3.05) is 4.90 Å². The molecule has 0 spiro atoms. The molecule has 3 rings (SSSR count). The van der Waals surface area contributed by atoms with Crippen LogP contribution in [0.4, 0.5) is 5.69 Å². The first-order valence-corrected chi connectivity index (χ1v) is 6.25. The second-order valence-electron chi connectivity index (χ2n) is 4.83. The van der Waals surface area contributed by atoms with Gasteiger partial charge in [-0.25, -0.2) is 4.90 Å². The van der Waals surface area contributed by atoms with Gasteiger partial charge in [-0.2, -0.15) is 5.26 Å². The third-order valence-electron chi connectivity index (χ3n) is 3.74. The molecule has 0 aromatic heterocycles. The van der Waals surface area contributed by atoms with E-state index in [9.17, 15) is 9.59 Å². The van der Waals surface area contributed by atoms with Crippen molar-refractivity contribution in [2.45, 2.75) is 12.8 Å². The van der Waals surface area contributed by atoms with Gasteiger partial charge in [0.1, 0.15) is 0 Å². The predicted octanol–water partition coefficient (Wildman–Crippen LogP) is 2.01. The summed E-state index contributed by atoms with van der Waals surface area (Å²) in [6.45, 7) is 0. The number of nitriles is 1. The molecule has 1 aromatic rings. The zero-order valence-corrected chi connectivity index (χ0v) is 10.2. The number of amides is 2. The molecule has 1 aliphatic carbocycles. The number of benzene rings is 1. The fraction of sp³-hybridized carbons (Fsp3) is 0.267. The number of carbonyl (C=O) groups excluding carboxylic acids is 2. The number of allylic oxidation sites excluding steroid dienone is 2. The van der Waals surface area contributed by atoms with Crippen molar-refractivity contribution in [3.05, 3.63) is 42.0 Å². The van der Waals surface area contributed by atoms with E-state index in [0.29, 0.717) is 24.1 Å². The first-order chi connectivity index (χ1) is 9.22. The summed E-state index contributed by atoms with van der Waals surface area (Å²) in [6.07, 6.45) is 5.18. The molecule has 2 amide bonds. The van der Waals surface area contributed by atoms with Gasteiger partial charge >= 0.3 is 0 Å². The molecule has 2 aliphatic rings. The molecule has 4 heteroatoms. The molecule has 1 heterocycles. The van der Waals surface area contributed by atoms with Crippen LogP contribution in [0.15, 0.2) is 36.4 Å². The summed E-state index contributed by atoms with van der Waals surface area (Å²) in [5.41, 5.74) is 0.953. The van der Waals surface area contributed by atoms with Gasteiger partial charge in [0.05, 0.1) is 29.2 Å². The van der Waals surface area contributed by atoms with Gasteiger partial charge in [-0.05, 0) is 31.0 Å². The average molecular weight is 252 g/mol. The van der Waals surface area contributed by atoms with Crippen molar-refractivity contribution < 1.29 is 9.59 Å². The summed E-state index contributed by atoms with van der Waals surface area (Å²) in [7, 11) is 0. The molecule has 0 N–H and O–H groups in total. The average Bonchev–Trinajstić information content (AvgIpc) is 2.72. The Morgan fingerprint density at radius 2 is 1.74 bits per heavy atom. The highest BCUT2D eigenvalue weighted by atomic mass is 16.2. The minimum absolute atomic E-state index is 0.144. The number of rotatable bonds is 1. The minimum atomic E-state index is -0.233. The lowest BCUT2D eigenvalue weighted by Gasteiger charge is -2.14. The monoisotopic (exact) mass is 252 g/mol. The molecule has 0 radical (unpaired) electrons. The topological polar surface area (TPSA) is 61.2 Å². The van der Waals surface area contributed by atoms with Gasteiger partial charge in [0.25, 0.3) is 0 Å². The fourth-order valence-corrected chi connectivity index (χ4v) is 2.77. The number of hydrogen-bond donors (Lipinski definition) is 0. The second-order valence-corrected chi connectivity index (χ2v) is 4.83. The molecule has 1 aromatic carbocycles. The lowest BCUT2D eigenvalue weighted by Crippen LogP contribution is -2.30. The van der Waals surface area contributed by atoms with Crippen LogP contribution in [0.2, 0.25) is 0 Å². The van der Waals surface area contributed by atoms with Crippen molar-refractivity contribution in [1.82, 2.24) is 0 Å². The van der Waals surface area contributed by atoms with E-state index in [0.717, 1.165) is 0 Å². The van der Waals surface area contributed by atoms with Crippen molar-refractivity contribution in [3.8, 4) is 6.07 Å². The van der Waals surface area contributed by atoms with Crippen LogP contribution in [0.25, 0.3) is 0 Å². The molecule has 1 fully saturated rings. The SMILES string of the molecule is N#Cc1cccc(N2C(=O)[C@H]3CC=CC[C@H]3C2=O)c1. The normalized spacial score (nSPS) is 25.3. The Bertz CT molecular complexity index is 601. The zero-order valence-electron chi connectivity index (χ0n) is 10.2. The lowest BCUT2D eigenvalue weighted by atomic mass is 9.85. The van der Waals surface area contributed by atoms with Crippen molar-refractivity contribution in [1.29, 1.82) is 5.26 Å². The van der Waals surface area contributed by atoms with Gasteiger partial charge in [0, 0.05) is 0 Å². The minimum Gasteiger partial charge on any atom is -0.274 e. The number of nitrogens with zero attached hydrogens (tertiary/aromatic N) is 2. The molecule has 0 unspecified atom stereocenters. The predicted molar refractivity (Wildman–Crippen MR) is 69.0 cm³/mol. The third kappa shape index (κ3) is 1.75. The van der Waals surface area contributed by atoms with Crippen molar-refractivity contribution in [2.24, 2.45) is 11.8 Å².